The number of aryl methyl sites for hydroxylation is 2. The van der Waals surface area contributed by atoms with Crippen molar-refractivity contribution in [3.63, 3.8) is 0 Å². The maximum absolute atomic E-state index is 13.9. The van der Waals surface area contributed by atoms with Crippen LogP contribution in [0.3, 0.4) is 0 Å². The second-order valence-corrected chi connectivity index (χ2v) is 9.83. The minimum absolute atomic E-state index is 0.0292. The Morgan fingerprint density at radius 1 is 0.447 bits per heavy atom. The van der Waals surface area contributed by atoms with Gasteiger partial charge in [-0.25, -0.2) is 0 Å². The van der Waals surface area contributed by atoms with E-state index >= 15 is 0 Å². The van der Waals surface area contributed by atoms with Crippen molar-refractivity contribution in [2.45, 2.75) is 0 Å². The lowest BCUT2D eigenvalue weighted by molar-refractivity contribution is 0.994. The summed E-state index contributed by atoms with van der Waals surface area (Å²) in [5.74, 6) is 0. The smallest absolute Gasteiger partial charge is 0.197 e. The summed E-state index contributed by atoms with van der Waals surface area (Å²) in [5, 5.41) is 2.53. The molecule has 0 atom stereocenters. The molecule has 0 N–H and O–H groups in total. The first kappa shape index (κ1) is 22.3. The highest BCUT2D eigenvalue weighted by molar-refractivity contribution is 6.06. The maximum atomic E-state index is 13.9. The summed E-state index contributed by atoms with van der Waals surface area (Å²) in [4.78, 5) is 27.6. The highest BCUT2D eigenvalue weighted by Gasteiger charge is 2.17. The second-order valence-electron chi connectivity index (χ2n) is 9.83. The molecule has 7 rings (SSSR count). The number of aromatic nitrogens is 2. The van der Waals surface area contributed by atoms with E-state index < -0.39 is 0 Å². The number of pyridine rings is 2. The van der Waals surface area contributed by atoms with Gasteiger partial charge in [0.1, 0.15) is 0 Å². The van der Waals surface area contributed by atoms with Crippen LogP contribution in [0.2, 0.25) is 0 Å². The Kier molecular flexibility index (Phi) is 4.85. The van der Waals surface area contributed by atoms with E-state index in [1.54, 1.807) is 0 Å². The zero-order chi connectivity index (χ0) is 26.0. The van der Waals surface area contributed by atoms with Gasteiger partial charge in [0.15, 0.2) is 10.9 Å². The summed E-state index contributed by atoms with van der Waals surface area (Å²) >= 11 is 0. The van der Waals surface area contributed by atoms with Crippen molar-refractivity contribution in [2.24, 2.45) is 14.1 Å². The molecule has 2 aromatic heterocycles. The van der Waals surface area contributed by atoms with Gasteiger partial charge in [-0.3, -0.25) is 9.59 Å². The van der Waals surface area contributed by atoms with Crippen LogP contribution in [-0.4, -0.2) is 9.13 Å². The van der Waals surface area contributed by atoms with Gasteiger partial charge in [-0.2, -0.15) is 0 Å². The van der Waals surface area contributed by atoms with Crippen LogP contribution >= 0.6 is 0 Å². The number of fused-ring (bicyclic) bond motifs is 4. The van der Waals surface area contributed by atoms with Crippen LogP contribution in [0, 0.1) is 0 Å². The fourth-order valence-electron chi connectivity index (χ4n) is 5.79. The predicted molar refractivity (Wildman–Crippen MR) is 158 cm³/mol. The standard InChI is InChI=1S/C34H24N2O2/c1-35-29-18-23(21-10-5-3-6-11-21)16-17-25(29)33(37)27-20-31-28(19-30(27)35)34(38)26-15-9-14-24(32(26)36(31)2)22-12-7-4-8-13-22/h3-20H,1-2H3. The van der Waals surface area contributed by atoms with Crippen molar-refractivity contribution in [1.82, 2.24) is 9.13 Å². The van der Waals surface area contributed by atoms with E-state index in [2.05, 4.69) is 34.9 Å². The van der Waals surface area contributed by atoms with Gasteiger partial charge >= 0.3 is 0 Å². The maximum Gasteiger partial charge on any atom is 0.197 e. The Balaban J connectivity index is 1.58. The summed E-state index contributed by atoms with van der Waals surface area (Å²) < 4.78 is 4.08. The lowest BCUT2D eigenvalue weighted by Gasteiger charge is -2.17. The molecule has 0 aliphatic rings. The molecule has 0 aliphatic carbocycles. The summed E-state index contributed by atoms with van der Waals surface area (Å²) in [6, 6.07) is 35.8. The van der Waals surface area contributed by atoms with E-state index in [1.165, 1.54) is 0 Å². The first-order chi connectivity index (χ1) is 18.5. The third kappa shape index (κ3) is 3.17. The van der Waals surface area contributed by atoms with Gasteiger partial charge in [0.25, 0.3) is 0 Å². The van der Waals surface area contributed by atoms with Gasteiger partial charge in [-0.15, -0.1) is 0 Å². The summed E-state index contributed by atoms with van der Waals surface area (Å²) in [6.07, 6.45) is 0. The van der Waals surface area contributed by atoms with Gasteiger partial charge < -0.3 is 9.13 Å². The van der Waals surface area contributed by atoms with Crippen LogP contribution < -0.4 is 10.9 Å². The van der Waals surface area contributed by atoms with Crippen LogP contribution in [0.5, 0.6) is 0 Å². The van der Waals surface area contributed by atoms with Crippen LogP contribution in [0.15, 0.2) is 119 Å². The van der Waals surface area contributed by atoms with Crippen LogP contribution in [0.4, 0.5) is 0 Å². The largest absolute Gasteiger partial charge is 0.343 e. The van der Waals surface area contributed by atoms with Gasteiger partial charge in [-0.1, -0.05) is 78.9 Å². The first-order valence-corrected chi connectivity index (χ1v) is 12.7. The van der Waals surface area contributed by atoms with Gasteiger partial charge in [0.05, 0.1) is 22.1 Å². The molecule has 0 fully saturated rings. The molecule has 0 spiro atoms. The van der Waals surface area contributed by atoms with Crippen molar-refractivity contribution in [1.29, 1.82) is 0 Å². The average Bonchev–Trinajstić information content (AvgIpc) is 2.98. The van der Waals surface area contributed by atoms with E-state index in [0.29, 0.717) is 21.5 Å². The lowest BCUT2D eigenvalue weighted by atomic mass is 9.98. The highest BCUT2D eigenvalue weighted by atomic mass is 16.1. The third-order valence-electron chi connectivity index (χ3n) is 7.74. The normalized spacial score (nSPS) is 11.6. The highest BCUT2D eigenvalue weighted by Crippen LogP contribution is 2.31. The van der Waals surface area contributed by atoms with Crippen molar-refractivity contribution in [2.75, 3.05) is 0 Å². The van der Waals surface area contributed by atoms with E-state index in [-0.39, 0.29) is 10.9 Å². The molecule has 5 aromatic carbocycles. The zero-order valence-corrected chi connectivity index (χ0v) is 21.1. The van der Waals surface area contributed by atoms with Crippen molar-refractivity contribution in [3.05, 3.63) is 130 Å². The fourth-order valence-corrected chi connectivity index (χ4v) is 5.79. The third-order valence-corrected chi connectivity index (χ3v) is 7.74. The minimum atomic E-state index is -0.0293. The van der Waals surface area contributed by atoms with E-state index in [1.807, 2.05) is 97.5 Å². The topological polar surface area (TPSA) is 44.0 Å². The fraction of sp³-hybridized carbons (Fsp3) is 0.0588. The Labute approximate surface area is 218 Å². The monoisotopic (exact) mass is 492 g/mol. The number of benzene rings is 5. The molecule has 0 saturated heterocycles. The number of para-hydroxylation sites is 1. The van der Waals surface area contributed by atoms with Gasteiger partial charge in [0.2, 0.25) is 0 Å². The summed E-state index contributed by atoms with van der Waals surface area (Å²) in [5.41, 5.74) is 7.31. The van der Waals surface area contributed by atoms with Crippen LogP contribution in [-0.2, 0) is 14.1 Å². The molecule has 2 heterocycles. The summed E-state index contributed by atoms with van der Waals surface area (Å²) in [7, 11) is 3.93. The lowest BCUT2D eigenvalue weighted by Crippen LogP contribution is -2.14. The molecule has 182 valence electrons. The molecular formula is C34H24N2O2. The van der Waals surface area contributed by atoms with E-state index in [4.69, 9.17) is 0 Å². The minimum Gasteiger partial charge on any atom is -0.343 e. The number of hydrogen-bond donors (Lipinski definition) is 0. The molecule has 0 unspecified atom stereocenters. The SMILES string of the molecule is Cn1c2cc(-c3ccccc3)ccc2c(=O)c2cc3c(cc21)c(=O)c1cccc(-c2ccccc2)c1n3C. The molecular weight excluding hydrogens is 468 g/mol. The summed E-state index contributed by atoms with van der Waals surface area (Å²) in [6.45, 7) is 0. The van der Waals surface area contributed by atoms with Gasteiger partial charge in [0, 0.05) is 41.2 Å². The van der Waals surface area contributed by atoms with E-state index in [0.717, 1.165) is 44.3 Å². The van der Waals surface area contributed by atoms with Gasteiger partial charge in [-0.05, 0) is 47.0 Å². The molecule has 0 saturated carbocycles. The van der Waals surface area contributed by atoms with E-state index in [9.17, 15) is 9.59 Å². The Morgan fingerprint density at radius 2 is 1.03 bits per heavy atom. The Morgan fingerprint density at radius 3 is 1.71 bits per heavy atom. The average molecular weight is 493 g/mol. The van der Waals surface area contributed by atoms with Crippen LogP contribution in [0.1, 0.15) is 0 Å². The molecule has 0 radical (unpaired) electrons. The molecule has 38 heavy (non-hydrogen) atoms. The predicted octanol–water partition coefficient (Wildman–Crippen LogP) is 7.03. The van der Waals surface area contributed by atoms with Crippen LogP contribution in [0.25, 0.3) is 65.9 Å². The first-order valence-electron chi connectivity index (χ1n) is 12.7. The number of nitrogens with zero attached hydrogens (tertiary/aromatic N) is 2. The molecule has 7 aromatic rings. The van der Waals surface area contributed by atoms with Crippen molar-refractivity contribution >= 4 is 43.6 Å². The number of rotatable bonds is 2. The molecule has 0 aliphatic heterocycles. The molecule has 4 nitrogen and oxygen atoms in total. The Hall–Kier alpha value is -4.96. The molecule has 0 amide bonds. The quantitative estimate of drug-likeness (QED) is 0.243. The second kappa shape index (κ2) is 8.29. The molecule has 4 heteroatoms. The van der Waals surface area contributed by atoms with Crippen molar-refractivity contribution < 1.29 is 0 Å². The Bertz CT molecular complexity index is 2170. The van der Waals surface area contributed by atoms with Crippen molar-refractivity contribution in [3.8, 4) is 22.3 Å². The zero-order valence-electron chi connectivity index (χ0n) is 21.1. The number of hydrogen-bond acceptors (Lipinski definition) is 2. The molecule has 0 bridgehead atoms.